The predicted octanol–water partition coefficient (Wildman–Crippen LogP) is 3.50. The van der Waals surface area contributed by atoms with E-state index in [1.165, 1.54) is 29.8 Å². The molecule has 3 aromatic rings. The van der Waals surface area contributed by atoms with Gasteiger partial charge in [0.05, 0.1) is 11.3 Å². The normalized spacial score (nSPS) is 10.8. The fourth-order valence-corrected chi connectivity index (χ4v) is 3.62. The summed E-state index contributed by atoms with van der Waals surface area (Å²) in [6.45, 7) is 0. The summed E-state index contributed by atoms with van der Waals surface area (Å²) in [6, 6.07) is 10.9. The second-order valence-electron chi connectivity index (χ2n) is 4.99. The van der Waals surface area contributed by atoms with E-state index >= 15 is 0 Å². The number of fused-ring (bicyclic) bond motifs is 1. The quantitative estimate of drug-likeness (QED) is 0.353. The molecule has 3 rings (SSSR count). The predicted molar refractivity (Wildman–Crippen MR) is 106 cm³/mol. The standard InChI is InChI=1S/C17H12ClN3O3S2/c18-14-11-5-1-2-6-12(11)26-15(14)16(23)20-21-17(25)19-13(22)8-7-10-4-3-9-24-10/h1-9H,(H,20,23)(H2,19,21,22,25)/b8-7+. The second-order valence-corrected chi connectivity index (χ2v) is 6.83. The average molecular weight is 406 g/mol. The zero-order chi connectivity index (χ0) is 18.5. The Bertz CT molecular complexity index is 996. The van der Waals surface area contributed by atoms with Gasteiger partial charge in [0.15, 0.2) is 5.11 Å². The van der Waals surface area contributed by atoms with Crippen LogP contribution in [0.1, 0.15) is 15.4 Å². The van der Waals surface area contributed by atoms with Crippen LogP contribution in [0.2, 0.25) is 5.02 Å². The molecule has 0 fully saturated rings. The smallest absolute Gasteiger partial charge is 0.281 e. The number of hydrazine groups is 1. The highest BCUT2D eigenvalue weighted by Gasteiger charge is 2.17. The largest absolute Gasteiger partial charge is 0.465 e. The molecule has 2 aromatic heterocycles. The summed E-state index contributed by atoms with van der Waals surface area (Å²) in [4.78, 5) is 24.4. The number of rotatable bonds is 3. The van der Waals surface area contributed by atoms with Crippen molar-refractivity contribution in [3.05, 3.63) is 64.4 Å². The van der Waals surface area contributed by atoms with Gasteiger partial charge in [0, 0.05) is 16.2 Å². The van der Waals surface area contributed by atoms with Gasteiger partial charge < -0.3 is 4.42 Å². The molecule has 0 aliphatic rings. The molecule has 3 N–H and O–H groups in total. The Hall–Kier alpha value is -2.68. The summed E-state index contributed by atoms with van der Waals surface area (Å²) in [5, 5.41) is 3.53. The third-order valence-electron chi connectivity index (χ3n) is 3.21. The van der Waals surface area contributed by atoms with Gasteiger partial charge in [-0.2, -0.15) is 0 Å². The minimum absolute atomic E-state index is 0.0512. The SMILES string of the molecule is O=C(/C=C/c1ccco1)NC(=S)NNC(=O)c1sc2ccccc2c1Cl. The van der Waals surface area contributed by atoms with E-state index in [2.05, 4.69) is 16.2 Å². The lowest BCUT2D eigenvalue weighted by Crippen LogP contribution is -2.48. The number of halogens is 1. The van der Waals surface area contributed by atoms with E-state index in [1.807, 2.05) is 24.3 Å². The number of furan rings is 1. The van der Waals surface area contributed by atoms with Gasteiger partial charge in [-0.1, -0.05) is 29.8 Å². The number of hydrogen-bond acceptors (Lipinski definition) is 5. The topological polar surface area (TPSA) is 83.4 Å². The molecule has 0 aliphatic heterocycles. The summed E-state index contributed by atoms with van der Waals surface area (Å²) < 4.78 is 5.97. The number of carbonyl (C=O) groups excluding carboxylic acids is 2. The summed E-state index contributed by atoms with van der Waals surface area (Å²) in [5.74, 6) is -0.376. The molecule has 0 saturated heterocycles. The van der Waals surface area contributed by atoms with Crippen molar-refractivity contribution in [1.82, 2.24) is 16.2 Å². The van der Waals surface area contributed by atoms with Crippen molar-refractivity contribution in [3.63, 3.8) is 0 Å². The molecule has 0 bridgehead atoms. The molecule has 26 heavy (non-hydrogen) atoms. The summed E-state index contributed by atoms with van der Waals surface area (Å²) in [7, 11) is 0. The van der Waals surface area contributed by atoms with Gasteiger partial charge in [0.25, 0.3) is 5.91 Å². The molecule has 0 atom stereocenters. The van der Waals surface area contributed by atoms with Crippen molar-refractivity contribution in [3.8, 4) is 0 Å². The number of thiophene rings is 1. The molecule has 9 heteroatoms. The van der Waals surface area contributed by atoms with Crippen LogP contribution < -0.4 is 16.2 Å². The lowest BCUT2D eigenvalue weighted by molar-refractivity contribution is -0.115. The summed E-state index contributed by atoms with van der Waals surface area (Å²) >= 11 is 12.5. The monoisotopic (exact) mass is 405 g/mol. The first kappa shape index (κ1) is 18.1. The molecule has 2 amide bonds. The molecule has 0 spiro atoms. The Labute approximate surface area is 162 Å². The van der Waals surface area contributed by atoms with Crippen molar-refractivity contribution < 1.29 is 14.0 Å². The van der Waals surface area contributed by atoms with Crippen molar-refractivity contribution in [2.24, 2.45) is 0 Å². The van der Waals surface area contributed by atoms with E-state index < -0.39 is 11.8 Å². The number of hydrogen-bond donors (Lipinski definition) is 3. The maximum absolute atomic E-state index is 12.3. The number of nitrogens with one attached hydrogen (secondary N) is 3. The molecule has 132 valence electrons. The van der Waals surface area contributed by atoms with Crippen LogP contribution in [-0.2, 0) is 4.79 Å². The van der Waals surface area contributed by atoms with Crippen molar-refractivity contribution >= 4 is 68.2 Å². The Balaban J connectivity index is 1.54. The highest BCUT2D eigenvalue weighted by atomic mass is 35.5. The highest BCUT2D eigenvalue weighted by Crippen LogP contribution is 2.34. The van der Waals surface area contributed by atoms with Gasteiger partial charge >= 0.3 is 0 Å². The molecule has 0 radical (unpaired) electrons. The summed E-state index contributed by atoms with van der Waals surface area (Å²) in [6.07, 6.45) is 4.25. The van der Waals surface area contributed by atoms with E-state index in [0.29, 0.717) is 15.7 Å². The van der Waals surface area contributed by atoms with Crippen LogP contribution in [0.15, 0.2) is 53.2 Å². The lowest BCUT2D eigenvalue weighted by Gasteiger charge is -2.08. The third-order valence-corrected chi connectivity index (χ3v) is 5.09. The molecule has 0 unspecified atom stereocenters. The number of benzene rings is 1. The number of amides is 2. The minimum Gasteiger partial charge on any atom is -0.465 e. The van der Waals surface area contributed by atoms with E-state index in [0.717, 1.165) is 10.1 Å². The number of carbonyl (C=O) groups is 2. The molecule has 0 aliphatic carbocycles. The third kappa shape index (κ3) is 4.29. The maximum atomic E-state index is 12.3. The minimum atomic E-state index is -0.465. The average Bonchev–Trinajstić information content (AvgIpc) is 3.26. The van der Waals surface area contributed by atoms with E-state index in [4.69, 9.17) is 28.2 Å². The lowest BCUT2D eigenvalue weighted by atomic mass is 10.2. The Morgan fingerprint density at radius 3 is 2.69 bits per heavy atom. The summed E-state index contributed by atoms with van der Waals surface area (Å²) in [5.41, 5.74) is 4.88. The molecule has 0 saturated carbocycles. The van der Waals surface area contributed by atoms with E-state index in [1.54, 1.807) is 12.1 Å². The van der Waals surface area contributed by atoms with Crippen molar-refractivity contribution in [2.75, 3.05) is 0 Å². The molecule has 2 heterocycles. The number of thiocarbonyl (C=S) groups is 1. The van der Waals surface area contributed by atoms with Crippen LogP contribution in [0.3, 0.4) is 0 Å². The zero-order valence-electron chi connectivity index (χ0n) is 13.1. The van der Waals surface area contributed by atoms with Gasteiger partial charge in [-0.05, 0) is 36.5 Å². The van der Waals surface area contributed by atoms with Crippen molar-refractivity contribution in [2.45, 2.75) is 0 Å². The maximum Gasteiger partial charge on any atom is 0.281 e. The van der Waals surface area contributed by atoms with Crippen LogP contribution in [0.25, 0.3) is 16.2 Å². The van der Waals surface area contributed by atoms with Crippen LogP contribution in [0.5, 0.6) is 0 Å². The fraction of sp³-hybridized carbons (Fsp3) is 0. The van der Waals surface area contributed by atoms with Crippen LogP contribution >= 0.6 is 35.2 Å². The van der Waals surface area contributed by atoms with Gasteiger partial charge in [0.2, 0.25) is 5.91 Å². The van der Waals surface area contributed by atoms with Gasteiger partial charge in [-0.3, -0.25) is 25.8 Å². The Morgan fingerprint density at radius 1 is 1.15 bits per heavy atom. The molecular formula is C17H12ClN3O3S2. The zero-order valence-corrected chi connectivity index (χ0v) is 15.5. The van der Waals surface area contributed by atoms with Crippen molar-refractivity contribution in [1.29, 1.82) is 0 Å². The van der Waals surface area contributed by atoms with Gasteiger partial charge in [-0.15, -0.1) is 11.3 Å². The van der Waals surface area contributed by atoms with Crippen LogP contribution in [0.4, 0.5) is 0 Å². The Morgan fingerprint density at radius 2 is 1.96 bits per heavy atom. The second kappa shape index (κ2) is 8.13. The first-order chi connectivity index (χ1) is 12.5. The van der Waals surface area contributed by atoms with Gasteiger partial charge in [0.1, 0.15) is 10.6 Å². The van der Waals surface area contributed by atoms with E-state index in [9.17, 15) is 9.59 Å². The molecule has 6 nitrogen and oxygen atoms in total. The first-order valence-corrected chi connectivity index (χ1v) is 8.95. The van der Waals surface area contributed by atoms with Crippen LogP contribution in [0, 0.1) is 0 Å². The van der Waals surface area contributed by atoms with E-state index in [-0.39, 0.29) is 5.11 Å². The first-order valence-electron chi connectivity index (χ1n) is 7.34. The van der Waals surface area contributed by atoms with Gasteiger partial charge in [-0.25, -0.2) is 0 Å². The van der Waals surface area contributed by atoms with Crippen LogP contribution in [-0.4, -0.2) is 16.9 Å². The highest BCUT2D eigenvalue weighted by molar-refractivity contribution is 7.80. The molecular weight excluding hydrogens is 394 g/mol. The molecule has 1 aromatic carbocycles. The fourth-order valence-electron chi connectivity index (χ4n) is 2.06. The Kier molecular flexibility index (Phi) is 5.67.